The van der Waals surface area contributed by atoms with Gasteiger partial charge in [-0.05, 0) is 28.3 Å². The summed E-state index contributed by atoms with van der Waals surface area (Å²) in [6.07, 6.45) is 1.50. The van der Waals surface area contributed by atoms with Crippen molar-refractivity contribution in [2.45, 2.75) is 19.0 Å². The van der Waals surface area contributed by atoms with E-state index >= 15 is 0 Å². The molecule has 0 radical (unpaired) electrons. The van der Waals surface area contributed by atoms with Crippen LogP contribution in [-0.2, 0) is 14.6 Å². The fourth-order valence-electron chi connectivity index (χ4n) is 2.75. The SMILES string of the molecule is CC(C)CS(=O)(=O)c1nsc(NC(=O)/C(C#N)=C\c2cccc3ccccc23)n1. The van der Waals surface area contributed by atoms with Crippen LogP contribution in [0.5, 0.6) is 0 Å². The van der Waals surface area contributed by atoms with Crippen LogP contribution in [-0.4, -0.2) is 29.4 Å². The van der Waals surface area contributed by atoms with Crippen LogP contribution in [0.25, 0.3) is 16.8 Å². The highest BCUT2D eigenvalue weighted by molar-refractivity contribution is 7.91. The third-order valence-electron chi connectivity index (χ3n) is 3.95. The normalized spacial score (nSPS) is 12.1. The molecule has 148 valence electrons. The van der Waals surface area contributed by atoms with Gasteiger partial charge in [-0.15, -0.1) is 0 Å². The number of hydrogen-bond donors (Lipinski definition) is 1. The van der Waals surface area contributed by atoms with Gasteiger partial charge in [0.2, 0.25) is 15.0 Å². The summed E-state index contributed by atoms with van der Waals surface area (Å²) in [5.41, 5.74) is 0.607. The minimum atomic E-state index is -3.62. The van der Waals surface area contributed by atoms with Crippen LogP contribution in [0, 0.1) is 17.2 Å². The third-order valence-corrected chi connectivity index (χ3v) is 6.54. The molecule has 1 N–H and O–H groups in total. The van der Waals surface area contributed by atoms with E-state index in [-0.39, 0.29) is 27.5 Å². The van der Waals surface area contributed by atoms with E-state index < -0.39 is 15.7 Å². The fraction of sp³-hybridized carbons (Fsp3) is 0.200. The molecule has 1 aromatic heterocycles. The van der Waals surface area contributed by atoms with Gasteiger partial charge in [0, 0.05) is 11.5 Å². The molecule has 9 heteroatoms. The molecule has 7 nitrogen and oxygen atoms in total. The number of nitriles is 1. The second-order valence-electron chi connectivity index (χ2n) is 6.75. The van der Waals surface area contributed by atoms with Crippen molar-refractivity contribution in [3.63, 3.8) is 0 Å². The van der Waals surface area contributed by atoms with Crippen LogP contribution in [0.1, 0.15) is 19.4 Å². The summed E-state index contributed by atoms with van der Waals surface area (Å²) >= 11 is 0.760. The molecule has 1 amide bonds. The molecule has 0 aliphatic rings. The highest BCUT2D eigenvalue weighted by Crippen LogP contribution is 2.22. The Labute approximate surface area is 172 Å². The number of aromatic nitrogens is 2. The Kier molecular flexibility index (Phi) is 6.06. The Morgan fingerprint density at radius 2 is 1.97 bits per heavy atom. The summed E-state index contributed by atoms with van der Waals surface area (Å²) < 4.78 is 28.2. The lowest BCUT2D eigenvalue weighted by atomic mass is 10.0. The zero-order chi connectivity index (χ0) is 21.0. The highest BCUT2D eigenvalue weighted by atomic mass is 32.2. The Bertz CT molecular complexity index is 1230. The van der Waals surface area contributed by atoms with Crippen LogP contribution >= 0.6 is 11.5 Å². The van der Waals surface area contributed by atoms with Gasteiger partial charge in [-0.25, -0.2) is 8.42 Å². The van der Waals surface area contributed by atoms with Crippen LogP contribution in [0.3, 0.4) is 0 Å². The van der Waals surface area contributed by atoms with Gasteiger partial charge < -0.3 is 0 Å². The highest BCUT2D eigenvalue weighted by Gasteiger charge is 2.23. The lowest BCUT2D eigenvalue weighted by Gasteiger charge is -2.04. The Hall–Kier alpha value is -3.09. The predicted octanol–water partition coefficient (Wildman–Crippen LogP) is 3.67. The topological polar surface area (TPSA) is 113 Å². The number of nitrogens with zero attached hydrogens (tertiary/aromatic N) is 3. The molecule has 0 aliphatic heterocycles. The zero-order valence-electron chi connectivity index (χ0n) is 15.8. The Balaban J connectivity index is 1.84. The second kappa shape index (κ2) is 8.51. The summed E-state index contributed by atoms with van der Waals surface area (Å²) in [6, 6.07) is 15.1. The van der Waals surface area contributed by atoms with Crippen LogP contribution < -0.4 is 5.32 Å². The molecule has 0 saturated heterocycles. The van der Waals surface area contributed by atoms with Crippen molar-refractivity contribution in [3.05, 3.63) is 53.6 Å². The predicted molar refractivity (Wildman–Crippen MR) is 113 cm³/mol. The van der Waals surface area contributed by atoms with E-state index in [2.05, 4.69) is 14.7 Å². The first-order chi connectivity index (χ1) is 13.8. The summed E-state index contributed by atoms with van der Waals surface area (Å²) in [5.74, 6) is -0.832. The van der Waals surface area contributed by atoms with Crippen LogP contribution in [0.2, 0.25) is 0 Å². The van der Waals surface area contributed by atoms with Gasteiger partial charge in [0.1, 0.15) is 11.6 Å². The summed E-state index contributed by atoms with van der Waals surface area (Å²) in [6.45, 7) is 3.56. The minimum absolute atomic E-state index is 0.0244. The first kappa shape index (κ1) is 20.6. The van der Waals surface area contributed by atoms with Gasteiger partial charge >= 0.3 is 0 Å². The van der Waals surface area contributed by atoms with E-state index in [4.69, 9.17) is 0 Å². The van der Waals surface area contributed by atoms with E-state index in [9.17, 15) is 18.5 Å². The van der Waals surface area contributed by atoms with Gasteiger partial charge in [-0.1, -0.05) is 56.3 Å². The molecular formula is C20H18N4O3S2. The van der Waals surface area contributed by atoms with Crippen molar-refractivity contribution in [3.8, 4) is 6.07 Å². The molecule has 3 rings (SSSR count). The van der Waals surface area contributed by atoms with Crippen molar-refractivity contribution in [1.29, 1.82) is 5.26 Å². The van der Waals surface area contributed by atoms with E-state index in [1.165, 1.54) is 6.08 Å². The first-order valence-corrected chi connectivity index (χ1v) is 11.2. The number of hydrogen-bond acceptors (Lipinski definition) is 7. The maximum Gasteiger partial charge on any atom is 0.268 e. The van der Waals surface area contributed by atoms with Crippen molar-refractivity contribution in [2.24, 2.45) is 5.92 Å². The summed E-state index contributed by atoms with van der Waals surface area (Å²) in [7, 11) is -3.62. The Morgan fingerprint density at radius 1 is 1.24 bits per heavy atom. The average molecular weight is 427 g/mol. The number of carbonyl (C=O) groups excluding carboxylic acids is 1. The largest absolute Gasteiger partial charge is 0.296 e. The van der Waals surface area contributed by atoms with Gasteiger partial charge in [0.25, 0.3) is 11.1 Å². The molecule has 0 atom stereocenters. The molecule has 0 saturated carbocycles. The van der Waals surface area contributed by atoms with Crippen molar-refractivity contribution in [2.75, 3.05) is 11.1 Å². The number of fused-ring (bicyclic) bond motifs is 1. The average Bonchev–Trinajstić information content (AvgIpc) is 3.14. The van der Waals surface area contributed by atoms with Crippen LogP contribution in [0.4, 0.5) is 5.13 Å². The monoisotopic (exact) mass is 426 g/mol. The fourth-order valence-corrected chi connectivity index (χ4v) is 5.10. The van der Waals surface area contributed by atoms with Crippen molar-refractivity contribution < 1.29 is 13.2 Å². The molecule has 3 aromatic rings. The molecular weight excluding hydrogens is 408 g/mol. The maximum atomic E-state index is 12.5. The van der Waals surface area contributed by atoms with Gasteiger partial charge in [0.15, 0.2) is 0 Å². The smallest absolute Gasteiger partial charge is 0.268 e. The molecule has 1 heterocycles. The van der Waals surface area contributed by atoms with Crippen molar-refractivity contribution >= 4 is 49.3 Å². The van der Waals surface area contributed by atoms with Gasteiger partial charge in [-0.3, -0.25) is 10.1 Å². The number of benzene rings is 2. The molecule has 0 bridgehead atoms. The Morgan fingerprint density at radius 3 is 2.69 bits per heavy atom. The van der Waals surface area contributed by atoms with E-state index in [1.54, 1.807) is 13.8 Å². The number of carbonyl (C=O) groups is 1. The molecule has 2 aromatic carbocycles. The number of nitrogens with one attached hydrogen (secondary N) is 1. The van der Waals surface area contributed by atoms with Crippen molar-refractivity contribution in [1.82, 2.24) is 9.36 Å². The summed E-state index contributed by atoms with van der Waals surface area (Å²) in [5, 5.41) is 13.5. The number of rotatable bonds is 6. The number of amides is 1. The quantitative estimate of drug-likeness (QED) is 0.475. The molecule has 0 unspecified atom stereocenters. The lowest BCUT2D eigenvalue weighted by molar-refractivity contribution is -0.112. The third kappa shape index (κ3) is 4.85. The number of anilines is 1. The number of sulfone groups is 1. The first-order valence-electron chi connectivity index (χ1n) is 8.77. The zero-order valence-corrected chi connectivity index (χ0v) is 17.4. The van der Waals surface area contributed by atoms with E-state index in [1.807, 2.05) is 48.5 Å². The summed E-state index contributed by atoms with van der Waals surface area (Å²) in [4.78, 5) is 16.4. The van der Waals surface area contributed by atoms with E-state index in [0.29, 0.717) is 0 Å². The molecule has 0 aliphatic carbocycles. The van der Waals surface area contributed by atoms with E-state index in [0.717, 1.165) is 27.9 Å². The second-order valence-corrected chi connectivity index (χ2v) is 9.43. The van der Waals surface area contributed by atoms with Gasteiger partial charge in [0.05, 0.1) is 5.75 Å². The van der Waals surface area contributed by atoms with Crippen LogP contribution in [0.15, 0.2) is 53.2 Å². The lowest BCUT2D eigenvalue weighted by Crippen LogP contribution is -2.15. The molecule has 29 heavy (non-hydrogen) atoms. The van der Waals surface area contributed by atoms with Gasteiger partial charge in [-0.2, -0.15) is 14.6 Å². The molecule has 0 spiro atoms. The minimum Gasteiger partial charge on any atom is -0.296 e. The molecule has 0 fully saturated rings. The standard InChI is InChI=1S/C20H18N4O3S2/c1-13(2)12-29(26,27)20-23-19(28-24-20)22-18(25)16(11-21)10-15-8-5-7-14-6-3-4-9-17(14)15/h3-10,13H,12H2,1-2H3,(H,22,23,24,25)/b16-10-. The maximum absolute atomic E-state index is 12.5.